The highest BCUT2D eigenvalue weighted by molar-refractivity contribution is 6.04. The van der Waals surface area contributed by atoms with Crippen molar-refractivity contribution in [3.63, 3.8) is 0 Å². The summed E-state index contributed by atoms with van der Waals surface area (Å²) >= 11 is 0. The topological polar surface area (TPSA) is 81.3 Å². The van der Waals surface area contributed by atoms with Crippen molar-refractivity contribution >= 4 is 11.7 Å². The molecule has 132 valence electrons. The molecule has 0 radical (unpaired) electrons. The summed E-state index contributed by atoms with van der Waals surface area (Å²) in [5, 5.41) is 13.6. The van der Waals surface area contributed by atoms with Crippen LogP contribution in [0.5, 0.6) is 5.75 Å². The van der Waals surface area contributed by atoms with Gasteiger partial charge in [-0.3, -0.25) is 4.79 Å². The van der Waals surface area contributed by atoms with Crippen molar-refractivity contribution in [2.45, 2.75) is 26.4 Å². The van der Waals surface area contributed by atoms with Gasteiger partial charge in [-0.2, -0.15) is 0 Å². The molecule has 0 amide bonds. The van der Waals surface area contributed by atoms with Gasteiger partial charge in [0.1, 0.15) is 11.5 Å². The van der Waals surface area contributed by atoms with Crippen LogP contribution in [0.3, 0.4) is 0 Å². The molecule has 2 aromatic rings. The third-order valence-electron chi connectivity index (χ3n) is 3.93. The van der Waals surface area contributed by atoms with Crippen molar-refractivity contribution in [2.24, 2.45) is 17.0 Å². The largest absolute Gasteiger partial charge is 0.508 e. The lowest BCUT2D eigenvalue weighted by molar-refractivity contribution is -0.146. The number of rotatable bonds is 6. The smallest absolute Gasteiger partial charge is 0.306 e. The van der Waals surface area contributed by atoms with E-state index in [-0.39, 0.29) is 30.0 Å². The van der Waals surface area contributed by atoms with Crippen LogP contribution >= 0.6 is 0 Å². The Morgan fingerprint density at radius 1 is 1.28 bits per heavy atom. The molecule has 1 aliphatic rings. The number of oxime groups is 1. The lowest BCUT2D eigenvalue weighted by Gasteiger charge is -2.17. The zero-order valence-electron chi connectivity index (χ0n) is 14.2. The number of carbonyl (C=O) groups excluding carboxylic acids is 1. The monoisotopic (exact) mass is 343 g/mol. The number of phenolic OH excluding ortho intramolecular Hbond substituents is 1. The summed E-state index contributed by atoms with van der Waals surface area (Å²) in [6.45, 7) is 4.35. The number of esters is 1. The molecule has 0 spiro atoms. The highest BCUT2D eigenvalue weighted by Gasteiger charge is 2.39. The average molecular weight is 343 g/mol. The van der Waals surface area contributed by atoms with Crippen LogP contribution in [0, 0.1) is 11.8 Å². The number of carbonyl (C=O) groups is 1. The molecule has 6 nitrogen and oxygen atoms in total. The van der Waals surface area contributed by atoms with E-state index >= 15 is 0 Å². The molecule has 1 aromatic carbocycles. The summed E-state index contributed by atoms with van der Waals surface area (Å²) in [4.78, 5) is 17.8. The van der Waals surface area contributed by atoms with E-state index in [9.17, 15) is 9.90 Å². The lowest BCUT2D eigenvalue weighted by Crippen LogP contribution is -2.23. The van der Waals surface area contributed by atoms with Crippen LogP contribution in [0.15, 0.2) is 52.2 Å². The van der Waals surface area contributed by atoms with Gasteiger partial charge in [0.25, 0.3) is 0 Å². The Morgan fingerprint density at radius 3 is 2.68 bits per heavy atom. The van der Waals surface area contributed by atoms with Crippen LogP contribution in [-0.2, 0) is 14.4 Å². The van der Waals surface area contributed by atoms with Crippen molar-refractivity contribution in [2.75, 3.05) is 6.61 Å². The number of ether oxygens (including phenoxy) is 1. The van der Waals surface area contributed by atoms with E-state index in [1.54, 1.807) is 42.7 Å². The number of phenols is 1. The van der Waals surface area contributed by atoms with E-state index in [1.165, 1.54) is 0 Å². The maximum absolute atomic E-state index is 12.2. The maximum Gasteiger partial charge on any atom is 0.306 e. The summed E-state index contributed by atoms with van der Waals surface area (Å²) in [6, 6.07) is 10.2. The average Bonchev–Trinajstić information content (AvgIpc) is 3.23. The molecule has 6 heteroatoms. The van der Waals surface area contributed by atoms with Gasteiger partial charge in [-0.25, -0.2) is 0 Å². The zero-order chi connectivity index (χ0) is 17.8. The molecule has 2 heterocycles. The molecule has 0 fully saturated rings. The number of nitrogens with zero attached hydrogens (tertiary/aromatic N) is 1. The van der Waals surface area contributed by atoms with Gasteiger partial charge in [-0.05, 0) is 42.3 Å². The number of furan rings is 1. The second-order valence-corrected chi connectivity index (χ2v) is 6.45. The van der Waals surface area contributed by atoms with E-state index in [0.29, 0.717) is 18.1 Å². The third kappa shape index (κ3) is 4.02. The number of aromatic hydroxyl groups is 1. The van der Waals surface area contributed by atoms with E-state index in [1.807, 2.05) is 13.8 Å². The molecular weight excluding hydrogens is 322 g/mol. The Labute approximate surface area is 146 Å². The number of hydrogen-bond donors (Lipinski definition) is 1. The number of hydrogen-bond acceptors (Lipinski definition) is 6. The summed E-state index contributed by atoms with van der Waals surface area (Å²) < 4.78 is 10.8. The van der Waals surface area contributed by atoms with E-state index in [0.717, 1.165) is 5.56 Å². The predicted molar refractivity (Wildman–Crippen MR) is 91.1 cm³/mol. The van der Waals surface area contributed by atoms with E-state index in [4.69, 9.17) is 14.0 Å². The first-order valence-corrected chi connectivity index (χ1v) is 8.26. The second kappa shape index (κ2) is 7.42. The minimum absolute atomic E-state index is 0.137. The SMILES string of the molecule is CC(C)COC(=O)CC1C(c2ccc(O)cc2)=NOC1c1ccco1. The van der Waals surface area contributed by atoms with Crippen molar-refractivity contribution in [1.82, 2.24) is 0 Å². The second-order valence-electron chi connectivity index (χ2n) is 6.45. The van der Waals surface area contributed by atoms with Crippen LogP contribution in [0.25, 0.3) is 0 Å². The van der Waals surface area contributed by atoms with Gasteiger partial charge in [0.05, 0.1) is 30.9 Å². The Kier molecular flexibility index (Phi) is 5.07. The first-order valence-electron chi connectivity index (χ1n) is 8.26. The molecule has 25 heavy (non-hydrogen) atoms. The Morgan fingerprint density at radius 2 is 2.04 bits per heavy atom. The lowest BCUT2D eigenvalue weighted by atomic mass is 9.88. The Hall–Kier alpha value is -2.76. The van der Waals surface area contributed by atoms with Gasteiger partial charge < -0.3 is 19.1 Å². The summed E-state index contributed by atoms with van der Waals surface area (Å²) in [6.07, 6.45) is 1.22. The van der Waals surface area contributed by atoms with Crippen molar-refractivity contribution < 1.29 is 23.9 Å². The van der Waals surface area contributed by atoms with Crippen molar-refractivity contribution in [1.29, 1.82) is 0 Å². The molecule has 2 unspecified atom stereocenters. The fourth-order valence-corrected chi connectivity index (χ4v) is 2.70. The predicted octanol–water partition coefficient (Wildman–Crippen LogP) is 3.67. The highest BCUT2D eigenvalue weighted by Crippen LogP contribution is 2.37. The first-order chi connectivity index (χ1) is 12.0. The fraction of sp³-hybridized carbons (Fsp3) is 0.368. The van der Waals surface area contributed by atoms with Gasteiger partial charge >= 0.3 is 5.97 Å². The minimum Gasteiger partial charge on any atom is -0.508 e. The fourth-order valence-electron chi connectivity index (χ4n) is 2.70. The molecule has 1 N–H and O–H groups in total. The maximum atomic E-state index is 12.2. The normalized spacial score (nSPS) is 19.6. The highest BCUT2D eigenvalue weighted by atomic mass is 16.7. The molecule has 0 saturated carbocycles. The molecule has 0 saturated heterocycles. The van der Waals surface area contributed by atoms with Crippen LogP contribution in [0.2, 0.25) is 0 Å². The van der Waals surface area contributed by atoms with Gasteiger partial charge in [-0.15, -0.1) is 0 Å². The molecule has 3 rings (SSSR count). The summed E-state index contributed by atoms with van der Waals surface area (Å²) in [7, 11) is 0. The molecule has 1 aliphatic heterocycles. The number of benzene rings is 1. The summed E-state index contributed by atoms with van der Waals surface area (Å²) in [5.74, 6) is 0.426. The quantitative estimate of drug-likeness (QED) is 0.810. The molecular formula is C19H21NO5. The minimum atomic E-state index is -0.481. The van der Waals surface area contributed by atoms with Gasteiger partial charge in [0.15, 0.2) is 6.10 Å². The van der Waals surface area contributed by atoms with E-state index in [2.05, 4.69) is 5.16 Å². The van der Waals surface area contributed by atoms with Gasteiger partial charge in [-0.1, -0.05) is 19.0 Å². The third-order valence-corrected chi connectivity index (χ3v) is 3.93. The van der Waals surface area contributed by atoms with Crippen molar-refractivity contribution in [3.8, 4) is 5.75 Å². The standard InChI is InChI=1S/C19H21NO5/c1-12(2)11-24-17(22)10-15-18(13-5-7-14(21)8-6-13)20-25-19(15)16-4-3-9-23-16/h3-9,12,15,19,21H,10-11H2,1-2H3. The zero-order valence-corrected chi connectivity index (χ0v) is 14.2. The first kappa shape index (κ1) is 17.1. The van der Waals surface area contributed by atoms with Gasteiger partial charge in [0, 0.05) is 5.56 Å². The molecule has 0 aliphatic carbocycles. The van der Waals surface area contributed by atoms with Crippen LogP contribution in [0.4, 0.5) is 0 Å². The van der Waals surface area contributed by atoms with Crippen LogP contribution < -0.4 is 0 Å². The Bertz CT molecular complexity index is 734. The molecule has 0 bridgehead atoms. The molecule has 1 aromatic heterocycles. The molecule has 2 atom stereocenters. The van der Waals surface area contributed by atoms with Crippen LogP contribution in [-0.4, -0.2) is 23.4 Å². The Balaban J connectivity index is 1.81. The van der Waals surface area contributed by atoms with Crippen LogP contribution in [0.1, 0.15) is 37.7 Å². The van der Waals surface area contributed by atoms with Gasteiger partial charge in [0.2, 0.25) is 0 Å². The van der Waals surface area contributed by atoms with Crippen molar-refractivity contribution in [3.05, 3.63) is 54.0 Å². The summed E-state index contributed by atoms with van der Waals surface area (Å²) in [5.41, 5.74) is 1.43. The van der Waals surface area contributed by atoms with E-state index < -0.39 is 6.10 Å².